The molecule has 2 aromatic rings. The minimum Gasteiger partial charge on any atom is -0.375 e. The van der Waals surface area contributed by atoms with Crippen LogP contribution in [0.15, 0.2) is 48.5 Å². The summed E-state index contributed by atoms with van der Waals surface area (Å²) in [5, 5.41) is 3.56. The summed E-state index contributed by atoms with van der Waals surface area (Å²) in [6.45, 7) is 3.66. The van der Waals surface area contributed by atoms with Gasteiger partial charge in [0.05, 0.1) is 13.2 Å². The SMILES string of the molecule is CC[C@@H](C(=O)NCCOCc1ccc(Cl)cc1)N1Cc2ccccc2C1=O. The number of carbonyl (C=O) groups excluding carboxylic acids is 2. The zero-order valence-electron chi connectivity index (χ0n) is 15.3. The first-order valence-corrected chi connectivity index (χ1v) is 9.46. The van der Waals surface area contributed by atoms with Gasteiger partial charge < -0.3 is 15.0 Å². The van der Waals surface area contributed by atoms with E-state index in [0.717, 1.165) is 11.1 Å². The smallest absolute Gasteiger partial charge is 0.255 e. The van der Waals surface area contributed by atoms with Crippen LogP contribution in [0.3, 0.4) is 0 Å². The molecule has 0 bridgehead atoms. The minimum atomic E-state index is -0.471. The highest BCUT2D eigenvalue weighted by Crippen LogP contribution is 2.25. The highest BCUT2D eigenvalue weighted by atomic mass is 35.5. The Morgan fingerprint density at radius 2 is 1.96 bits per heavy atom. The fraction of sp³-hybridized carbons (Fsp3) is 0.333. The summed E-state index contributed by atoms with van der Waals surface area (Å²) in [6.07, 6.45) is 0.567. The van der Waals surface area contributed by atoms with Crippen molar-refractivity contribution in [2.45, 2.75) is 32.5 Å². The zero-order chi connectivity index (χ0) is 19.2. The molecule has 6 heteroatoms. The molecule has 5 nitrogen and oxygen atoms in total. The van der Waals surface area contributed by atoms with Crippen LogP contribution in [0, 0.1) is 0 Å². The molecule has 2 aromatic carbocycles. The molecule has 1 aliphatic rings. The summed E-state index contributed by atoms with van der Waals surface area (Å²) >= 11 is 5.85. The Morgan fingerprint density at radius 1 is 1.22 bits per heavy atom. The van der Waals surface area contributed by atoms with E-state index in [4.69, 9.17) is 16.3 Å². The van der Waals surface area contributed by atoms with Gasteiger partial charge in [0.1, 0.15) is 6.04 Å². The number of nitrogens with zero attached hydrogens (tertiary/aromatic N) is 1. The standard InChI is InChI=1S/C21H23ClN2O3/c1-2-19(24-13-16-5-3-4-6-18(16)21(24)26)20(25)23-11-12-27-14-15-7-9-17(22)10-8-15/h3-10,19H,2,11-14H2,1H3,(H,23,25)/t19-/m0/s1. The molecule has 27 heavy (non-hydrogen) atoms. The molecular formula is C21H23ClN2O3. The molecule has 142 valence electrons. The predicted octanol–water partition coefficient (Wildman–Crippen LogP) is 3.41. The van der Waals surface area contributed by atoms with Gasteiger partial charge in [-0.3, -0.25) is 9.59 Å². The van der Waals surface area contributed by atoms with Crippen LogP contribution < -0.4 is 5.32 Å². The normalized spacial score (nSPS) is 14.1. The lowest BCUT2D eigenvalue weighted by molar-refractivity contribution is -0.126. The molecule has 0 saturated carbocycles. The Bertz CT molecular complexity index is 807. The Kier molecular flexibility index (Phi) is 6.48. The Labute approximate surface area is 164 Å². The summed E-state index contributed by atoms with van der Waals surface area (Å²) in [5.74, 6) is -0.222. The number of amides is 2. The lowest BCUT2D eigenvalue weighted by Gasteiger charge is -2.25. The number of halogens is 1. The molecule has 0 saturated heterocycles. The van der Waals surface area contributed by atoms with Crippen molar-refractivity contribution in [1.29, 1.82) is 0 Å². The third kappa shape index (κ3) is 4.67. The third-order valence-electron chi connectivity index (χ3n) is 4.64. The first kappa shape index (κ1) is 19.4. The van der Waals surface area contributed by atoms with Crippen molar-refractivity contribution < 1.29 is 14.3 Å². The second kappa shape index (κ2) is 9.02. The highest BCUT2D eigenvalue weighted by molar-refractivity contribution is 6.30. The minimum absolute atomic E-state index is 0.0772. The largest absolute Gasteiger partial charge is 0.375 e. The number of rotatable bonds is 8. The lowest BCUT2D eigenvalue weighted by atomic mass is 10.1. The topological polar surface area (TPSA) is 58.6 Å². The second-order valence-corrected chi connectivity index (χ2v) is 6.92. The van der Waals surface area contributed by atoms with Gasteiger partial charge in [0.25, 0.3) is 5.91 Å². The van der Waals surface area contributed by atoms with Crippen LogP contribution >= 0.6 is 11.6 Å². The van der Waals surface area contributed by atoms with E-state index in [-0.39, 0.29) is 11.8 Å². The molecule has 0 fully saturated rings. The van der Waals surface area contributed by atoms with Crippen LogP contribution in [-0.2, 0) is 22.7 Å². The van der Waals surface area contributed by atoms with E-state index in [1.165, 1.54) is 0 Å². The Hall–Kier alpha value is -2.37. The number of benzene rings is 2. The zero-order valence-corrected chi connectivity index (χ0v) is 16.0. The van der Waals surface area contributed by atoms with Gasteiger partial charge in [0.2, 0.25) is 5.91 Å². The molecule has 1 heterocycles. The average molecular weight is 387 g/mol. The predicted molar refractivity (Wildman–Crippen MR) is 105 cm³/mol. The van der Waals surface area contributed by atoms with E-state index in [1.807, 2.05) is 55.5 Å². The fourth-order valence-corrected chi connectivity index (χ4v) is 3.34. The lowest BCUT2D eigenvalue weighted by Crippen LogP contribution is -2.47. The molecular weight excluding hydrogens is 364 g/mol. The van der Waals surface area contributed by atoms with Crippen molar-refractivity contribution in [3.63, 3.8) is 0 Å². The fourth-order valence-electron chi connectivity index (χ4n) is 3.21. The highest BCUT2D eigenvalue weighted by Gasteiger charge is 2.34. The van der Waals surface area contributed by atoms with E-state index in [1.54, 1.807) is 4.90 Å². The maximum absolute atomic E-state index is 12.6. The van der Waals surface area contributed by atoms with E-state index in [9.17, 15) is 9.59 Å². The van der Waals surface area contributed by atoms with Gasteiger partial charge in [0, 0.05) is 23.7 Å². The third-order valence-corrected chi connectivity index (χ3v) is 4.89. The van der Waals surface area contributed by atoms with Gasteiger partial charge in [-0.1, -0.05) is 48.9 Å². The van der Waals surface area contributed by atoms with Crippen LogP contribution in [0.5, 0.6) is 0 Å². The summed E-state index contributed by atoms with van der Waals surface area (Å²) in [6, 6.07) is 14.5. The van der Waals surface area contributed by atoms with Gasteiger partial charge in [-0.05, 0) is 35.7 Å². The summed E-state index contributed by atoms with van der Waals surface area (Å²) in [7, 11) is 0. The Balaban J connectivity index is 1.45. The molecule has 0 aromatic heterocycles. The van der Waals surface area contributed by atoms with Gasteiger partial charge in [0.15, 0.2) is 0 Å². The monoisotopic (exact) mass is 386 g/mol. The van der Waals surface area contributed by atoms with Crippen molar-refractivity contribution in [1.82, 2.24) is 10.2 Å². The summed E-state index contributed by atoms with van der Waals surface area (Å²) in [5.41, 5.74) is 2.69. The van der Waals surface area contributed by atoms with Crippen LogP contribution in [0.1, 0.15) is 34.8 Å². The molecule has 3 rings (SSSR count). The second-order valence-electron chi connectivity index (χ2n) is 6.48. The van der Waals surface area contributed by atoms with Crippen LogP contribution in [0.2, 0.25) is 5.02 Å². The van der Waals surface area contributed by atoms with E-state index < -0.39 is 6.04 Å². The maximum Gasteiger partial charge on any atom is 0.255 e. The van der Waals surface area contributed by atoms with Crippen molar-refractivity contribution in [3.05, 3.63) is 70.2 Å². The molecule has 0 aliphatic carbocycles. The van der Waals surface area contributed by atoms with E-state index in [2.05, 4.69) is 5.32 Å². The molecule has 0 spiro atoms. The van der Waals surface area contributed by atoms with Crippen molar-refractivity contribution in [2.24, 2.45) is 0 Å². The maximum atomic E-state index is 12.6. The molecule has 2 amide bonds. The van der Waals surface area contributed by atoms with E-state index >= 15 is 0 Å². The first-order chi connectivity index (χ1) is 13.1. The van der Waals surface area contributed by atoms with Crippen LogP contribution in [0.25, 0.3) is 0 Å². The average Bonchev–Trinajstić information content (AvgIpc) is 3.00. The van der Waals surface area contributed by atoms with E-state index in [0.29, 0.717) is 43.3 Å². The molecule has 1 aliphatic heterocycles. The number of nitrogens with one attached hydrogen (secondary N) is 1. The molecule has 0 radical (unpaired) electrons. The number of hydrogen-bond donors (Lipinski definition) is 1. The number of ether oxygens (including phenoxy) is 1. The van der Waals surface area contributed by atoms with Crippen LogP contribution in [-0.4, -0.2) is 35.9 Å². The van der Waals surface area contributed by atoms with Gasteiger partial charge in [-0.25, -0.2) is 0 Å². The number of fused-ring (bicyclic) bond motifs is 1. The summed E-state index contributed by atoms with van der Waals surface area (Å²) < 4.78 is 5.58. The number of hydrogen-bond acceptors (Lipinski definition) is 3. The number of carbonyl (C=O) groups is 2. The van der Waals surface area contributed by atoms with Crippen molar-refractivity contribution >= 4 is 23.4 Å². The van der Waals surface area contributed by atoms with Crippen LogP contribution in [0.4, 0.5) is 0 Å². The molecule has 1 N–H and O–H groups in total. The van der Waals surface area contributed by atoms with Gasteiger partial charge in [-0.15, -0.1) is 0 Å². The van der Waals surface area contributed by atoms with Gasteiger partial charge >= 0.3 is 0 Å². The molecule has 0 unspecified atom stereocenters. The first-order valence-electron chi connectivity index (χ1n) is 9.09. The summed E-state index contributed by atoms with van der Waals surface area (Å²) in [4.78, 5) is 26.8. The van der Waals surface area contributed by atoms with Crippen molar-refractivity contribution in [2.75, 3.05) is 13.2 Å². The van der Waals surface area contributed by atoms with Crippen molar-refractivity contribution in [3.8, 4) is 0 Å². The quantitative estimate of drug-likeness (QED) is 0.707. The van der Waals surface area contributed by atoms with Gasteiger partial charge in [-0.2, -0.15) is 0 Å². The molecule has 1 atom stereocenters. The Morgan fingerprint density at radius 3 is 2.67 bits per heavy atom.